The van der Waals surface area contributed by atoms with Crippen LogP contribution in [0.15, 0.2) is 17.1 Å². The van der Waals surface area contributed by atoms with Gasteiger partial charge in [-0.25, -0.2) is 18.7 Å². The first-order chi connectivity index (χ1) is 12.1. The Labute approximate surface area is 146 Å². The van der Waals surface area contributed by atoms with Crippen molar-refractivity contribution in [1.29, 1.82) is 0 Å². The van der Waals surface area contributed by atoms with Crippen LogP contribution in [0.2, 0.25) is 0 Å². The number of carbonyl (C=O) groups excluding carboxylic acids is 1. The van der Waals surface area contributed by atoms with E-state index in [2.05, 4.69) is 14.2 Å². The van der Waals surface area contributed by atoms with Crippen LogP contribution < -0.4 is 28.0 Å². The second kappa shape index (κ2) is 9.66. The van der Waals surface area contributed by atoms with Gasteiger partial charge in [0.1, 0.15) is 12.5 Å². The molecule has 0 aliphatic rings. The number of carbonyl (C=O) groups is 1. The van der Waals surface area contributed by atoms with E-state index in [-0.39, 0.29) is 5.82 Å². The van der Waals surface area contributed by atoms with Crippen LogP contribution >= 0.6 is 7.83 Å². The SMILES string of the molecule is C[C@@H](COP(=O)(F)N[C@@H](N)C(=O)OCN)O[C@H](F)n1ccc(N)nc1=O. The third-order valence-electron chi connectivity index (χ3n) is 2.66. The third-order valence-corrected chi connectivity index (χ3v) is 3.73. The first-order valence-corrected chi connectivity index (χ1v) is 8.56. The largest absolute Gasteiger partial charge is 0.448 e. The molecule has 0 radical (unpaired) electrons. The zero-order chi connectivity index (χ0) is 19.9. The third kappa shape index (κ3) is 7.11. The van der Waals surface area contributed by atoms with Crippen molar-refractivity contribution in [3.63, 3.8) is 0 Å². The maximum atomic E-state index is 13.9. The van der Waals surface area contributed by atoms with Crippen LogP contribution in [-0.4, -0.2) is 41.1 Å². The first-order valence-electron chi connectivity index (χ1n) is 7.04. The van der Waals surface area contributed by atoms with Crippen LogP contribution in [-0.2, 0) is 23.4 Å². The van der Waals surface area contributed by atoms with Gasteiger partial charge in [0.2, 0.25) is 0 Å². The van der Waals surface area contributed by atoms with Crippen molar-refractivity contribution in [2.45, 2.75) is 25.7 Å². The molecular formula is C11H19F2N6O6P. The van der Waals surface area contributed by atoms with E-state index in [9.17, 15) is 22.7 Å². The number of nitrogens with one attached hydrogen (secondary N) is 1. The molecule has 148 valence electrons. The number of rotatable bonds is 10. The Kier molecular flexibility index (Phi) is 8.20. The molecule has 1 aromatic heterocycles. The minimum Gasteiger partial charge on any atom is -0.448 e. The van der Waals surface area contributed by atoms with Crippen LogP contribution in [0.3, 0.4) is 0 Å². The van der Waals surface area contributed by atoms with Gasteiger partial charge in [-0.2, -0.15) is 14.5 Å². The fraction of sp³-hybridized carbons (Fsp3) is 0.545. The van der Waals surface area contributed by atoms with Gasteiger partial charge in [-0.05, 0) is 13.0 Å². The predicted octanol–water partition coefficient (Wildman–Crippen LogP) is -0.916. The lowest BCUT2D eigenvalue weighted by Gasteiger charge is -2.20. The van der Waals surface area contributed by atoms with E-state index in [0.29, 0.717) is 4.57 Å². The molecular weight excluding hydrogens is 381 g/mol. The van der Waals surface area contributed by atoms with Crippen molar-refractivity contribution in [3.05, 3.63) is 22.7 Å². The van der Waals surface area contributed by atoms with Crippen molar-refractivity contribution < 1.29 is 31.9 Å². The number of hydrogen-bond acceptors (Lipinski definition) is 10. The molecule has 0 aliphatic carbocycles. The number of nitrogen functional groups attached to an aromatic ring is 1. The van der Waals surface area contributed by atoms with Gasteiger partial charge in [0.15, 0.2) is 6.17 Å². The Morgan fingerprint density at radius 1 is 1.54 bits per heavy atom. The number of ether oxygens (including phenoxy) is 2. The van der Waals surface area contributed by atoms with Crippen LogP contribution in [0.25, 0.3) is 0 Å². The maximum absolute atomic E-state index is 13.9. The van der Waals surface area contributed by atoms with Crippen molar-refractivity contribution in [1.82, 2.24) is 14.6 Å². The molecule has 7 N–H and O–H groups in total. The lowest BCUT2D eigenvalue weighted by atomic mass is 10.4. The summed E-state index contributed by atoms with van der Waals surface area (Å²) in [4.78, 5) is 25.9. The van der Waals surface area contributed by atoms with Gasteiger partial charge in [-0.15, -0.1) is 4.20 Å². The standard InChI is InChI=1S/C11H19F2N6O6P/c1-6(25-10(12)19-3-2-7(15)17-11(19)21)4-24-26(13,22)18-8(16)9(20)23-5-14/h2-3,6,8,10H,4-5,14,16H2,1H3,(H,18,22)(H2,15,17,21)/t6-,8+,10+,26?/m0/s1. The van der Waals surface area contributed by atoms with Crippen molar-refractivity contribution in [3.8, 4) is 0 Å². The summed E-state index contributed by atoms with van der Waals surface area (Å²) >= 11 is 0. The molecule has 1 unspecified atom stereocenters. The van der Waals surface area contributed by atoms with Crippen LogP contribution in [0.1, 0.15) is 13.4 Å². The molecule has 0 saturated carbocycles. The Hall–Kier alpha value is -1.96. The van der Waals surface area contributed by atoms with Gasteiger partial charge in [0.25, 0.3) is 6.48 Å². The zero-order valence-corrected chi connectivity index (χ0v) is 14.5. The lowest BCUT2D eigenvalue weighted by Crippen LogP contribution is -2.44. The molecule has 1 rings (SSSR count). The molecule has 4 atom stereocenters. The molecule has 0 spiro atoms. The second-order valence-electron chi connectivity index (χ2n) is 4.79. The molecule has 1 aromatic rings. The summed E-state index contributed by atoms with van der Waals surface area (Å²) in [5, 5.41) is 1.58. The Bertz CT molecular complexity index is 721. The highest BCUT2D eigenvalue weighted by Crippen LogP contribution is 2.44. The number of esters is 1. The topological polar surface area (TPSA) is 187 Å². The van der Waals surface area contributed by atoms with Gasteiger partial charge >= 0.3 is 19.5 Å². The number of nitrogens with zero attached hydrogens (tertiary/aromatic N) is 2. The molecule has 0 amide bonds. The van der Waals surface area contributed by atoms with Gasteiger partial charge in [-0.1, -0.05) is 0 Å². The lowest BCUT2D eigenvalue weighted by molar-refractivity contribution is -0.145. The highest BCUT2D eigenvalue weighted by atomic mass is 31.2. The van der Waals surface area contributed by atoms with Gasteiger partial charge < -0.3 is 20.9 Å². The van der Waals surface area contributed by atoms with Crippen LogP contribution in [0, 0.1) is 0 Å². The molecule has 12 nitrogen and oxygen atoms in total. The van der Waals surface area contributed by atoms with E-state index in [1.807, 2.05) is 0 Å². The summed E-state index contributed by atoms with van der Waals surface area (Å²) in [6.07, 6.45) is -1.93. The minimum absolute atomic E-state index is 0.108. The number of alkyl halides is 1. The van der Waals surface area contributed by atoms with E-state index in [4.69, 9.17) is 21.9 Å². The average Bonchev–Trinajstić information content (AvgIpc) is 2.52. The molecule has 0 aromatic carbocycles. The Morgan fingerprint density at radius 3 is 2.77 bits per heavy atom. The summed E-state index contributed by atoms with van der Waals surface area (Å²) in [5.41, 5.74) is 14.4. The van der Waals surface area contributed by atoms with Crippen LogP contribution in [0.5, 0.6) is 0 Å². The second-order valence-corrected chi connectivity index (χ2v) is 6.27. The predicted molar refractivity (Wildman–Crippen MR) is 84.5 cm³/mol. The van der Waals surface area contributed by atoms with Crippen LogP contribution in [0.4, 0.5) is 14.4 Å². The molecule has 1 heterocycles. The maximum Gasteiger partial charge on any atom is 0.444 e. The van der Waals surface area contributed by atoms with Crippen molar-refractivity contribution >= 4 is 19.6 Å². The summed E-state index contributed by atoms with van der Waals surface area (Å²) < 4.78 is 53.2. The molecule has 0 bridgehead atoms. The first kappa shape index (κ1) is 22.1. The average molecular weight is 400 g/mol. The smallest absolute Gasteiger partial charge is 0.444 e. The summed E-state index contributed by atoms with van der Waals surface area (Å²) in [6, 6.07) is 1.17. The molecule has 0 saturated heterocycles. The highest BCUT2D eigenvalue weighted by molar-refractivity contribution is 7.51. The number of nitrogens with two attached hydrogens (primary N) is 3. The molecule has 0 fully saturated rings. The number of aromatic nitrogens is 2. The number of halogens is 2. The van der Waals surface area contributed by atoms with E-state index >= 15 is 0 Å². The van der Waals surface area contributed by atoms with Gasteiger partial charge in [0.05, 0.1) is 12.7 Å². The Balaban J connectivity index is 2.54. The normalized spacial score (nSPS) is 17.1. The molecule has 15 heteroatoms. The fourth-order valence-corrected chi connectivity index (χ4v) is 2.42. The minimum atomic E-state index is -5.03. The van der Waals surface area contributed by atoms with Crippen molar-refractivity contribution in [2.24, 2.45) is 11.5 Å². The molecule has 0 aliphatic heterocycles. The van der Waals surface area contributed by atoms with E-state index in [0.717, 1.165) is 6.20 Å². The monoisotopic (exact) mass is 400 g/mol. The zero-order valence-electron chi connectivity index (χ0n) is 13.6. The van der Waals surface area contributed by atoms with E-state index in [1.54, 1.807) is 5.09 Å². The summed E-state index contributed by atoms with van der Waals surface area (Å²) in [5.74, 6) is -1.26. The molecule has 26 heavy (non-hydrogen) atoms. The van der Waals surface area contributed by atoms with Crippen molar-refractivity contribution in [2.75, 3.05) is 19.1 Å². The summed E-state index contributed by atoms with van der Waals surface area (Å²) in [7, 11) is -5.03. The Morgan fingerprint density at radius 2 is 2.19 bits per heavy atom. The number of anilines is 1. The van der Waals surface area contributed by atoms with Gasteiger partial charge in [0, 0.05) is 6.20 Å². The van der Waals surface area contributed by atoms with Gasteiger partial charge in [-0.3, -0.25) is 10.3 Å². The van der Waals surface area contributed by atoms with E-state index < -0.39 is 51.6 Å². The summed E-state index contributed by atoms with van der Waals surface area (Å²) in [6.45, 7) is -2.22. The number of hydrogen-bond donors (Lipinski definition) is 4. The fourth-order valence-electron chi connectivity index (χ4n) is 1.51. The highest BCUT2D eigenvalue weighted by Gasteiger charge is 2.30. The van der Waals surface area contributed by atoms with E-state index in [1.165, 1.54) is 13.0 Å². The quantitative estimate of drug-likeness (QED) is 0.216.